The summed E-state index contributed by atoms with van der Waals surface area (Å²) in [7, 11) is 0. The summed E-state index contributed by atoms with van der Waals surface area (Å²) in [6.07, 6.45) is 3.62. The van der Waals surface area contributed by atoms with Gasteiger partial charge in [0.1, 0.15) is 18.1 Å². The number of amides is 3. The lowest BCUT2D eigenvalue weighted by molar-refractivity contribution is -0.142. The van der Waals surface area contributed by atoms with Crippen molar-refractivity contribution in [2.45, 2.75) is 63.7 Å². The highest BCUT2D eigenvalue weighted by Gasteiger charge is 2.30. The van der Waals surface area contributed by atoms with Crippen LogP contribution in [0.4, 0.5) is 0 Å². The average molecular weight is 512 g/mol. The van der Waals surface area contributed by atoms with E-state index in [-0.39, 0.29) is 37.7 Å². The number of hydrogen-bond donors (Lipinski definition) is 9. The number of carboxylic acids is 1. The number of aromatic amines is 1. The second-order valence-electron chi connectivity index (χ2n) is 8.67. The van der Waals surface area contributed by atoms with Crippen LogP contribution in [0.25, 0.3) is 0 Å². The molecule has 0 aliphatic carbocycles. The van der Waals surface area contributed by atoms with E-state index in [2.05, 4.69) is 30.9 Å². The molecule has 15 heteroatoms. The minimum Gasteiger partial charge on any atom is -0.480 e. The molecule has 0 radical (unpaired) electrons. The molecule has 0 saturated carbocycles. The summed E-state index contributed by atoms with van der Waals surface area (Å²) in [4.78, 5) is 60.0. The average Bonchev–Trinajstić information content (AvgIpc) is 3.31. The summed E-state index contributed by atoms with van der Waals surface area (Å²) in [6, 6.07) is -4.73. The number of aliphatic hydroxyl groups is 1. The number of aliphatic hydroxyl groups excluding tert-OH is 1. The van der Waals surface area contributed by atoms with E-state index >= 15 is 0 Å². The maximum absolute atomic E-state index is 12.9. The fraction of sp³-hybridized carbons (Fsp3) is 0.619. The van der Waals surface area contributed by atoms with Crippen molar-refractivity contribution >= 4 is 29.7 Å². The molecule has 4 atom stereocenters. The number of carboxylic acid groups (broad SMARTS) is 1. The van der Waals surface area contributed by atoms with Gasteiger partial charge in [-0.25, -0.2) is 9.78 Å². The quantitative estimate of drug-likeness (QED) is 0.0613. The topological polar surface area (TPSA) is 264 Å². The lowest BCUT2D eigenvalue weighted by Gasteiger charge is -2.25. The number of nitrogens with zero attached hydrogens (tertiary/aromatic N) is 2. The van der Waals surface area contributed by atoms with Crippen molar-refractivity contribution < 1.29 is 29.4 Å². The summed E-state index contributed by atoms with van der Waals surface area (Å²) in [5.41, 5.74) is 16.8. The van der Waals surface area contributed by atoms with Gasteiger partial charge in [0.2, 0.25) is 17.7 Å². The van der Waals surface area contributed by atoms with Crippen LogP contribution < -0.4 is 33.2 Å². The predicted octanol–water partition coefficient (Wildman–Crippen LogP) is -3.09. The van der Waals surface area contributed by atoms with E-state index in [0.29, 0.717) is 12.1 Å². The molecule has 36 heavy (non-hydrogen) atoms. The maximum Gasteiger partial charge on any atom is 0.326 e. The number of rotatable bonds is 16. The van der Waals surface area contributed by atoms with Gasteiger partial charge in [0.15, 0.2) is 5.96 Å². The zero-order chi connectivity index (χ0) is 27.3. The number of guanidine groups is 1. The number of carbonyl (C=O) groups excluding carboxylic acids is 3. The monoisotopic (exact) mass is 511 g/mol. The second kappa shape index (κ2) is 15.3. The maximum atomic E-state index is 12.9. The molecule has 0 aliphatic heterocycles. The summed E-state index contributed by atoms with van der Waals surface area (Å²) < 4.78 is 0. The Morgan fingerprint density at radius 2 is 1.67 bits per heavy atom. The van der Waals surface area contributed by atoms with Gasteiger partial charge < -0.3 is 48.3 Å². The molecule has 1 aromatic rings. The number of aliphatic carboxylic acids is 1. The molecule has 1 heterocycles. The van der Waals surface area contributed by atoms with Crippen LogP contribution in [0.2, 0.25) is 0 Å². The van der Waals surface area contributed by atoms with Crippen molar-refractivity contribution in [3.63, 3.8) is 0 Å². The number of nitrogens with two attached hydrogens (primary N) is 3. The summed E-state index contributed by atoms with van der Waals surface area (Å²) in [6.45, 7) is 3.17. The second-order valence-corrected chi connectivity index (χ2v) is 8.67. The Morgan fingerprint density at radius 3 is 2.19 bits per heavy atom. The Kier molecular flexibility index (Phi) is 12.9. The van der Waals surface area contributed by atoms with Gasteiger partial charge in [-0.1, -0.05) is 13.8 Å². The molecule has 1 aromatic heterocycles. The van der Waals surface area contributed by atoms with Crippen LogP contribution in [0.5, 0.6) is 0 Å². The molecule has 0 aromatic carbocycles. The fourth-order valence-electron chi connectivity index (χ4n) is 3.19. The standard InChI is InChI=1S/C21H37N9O6/c1-11(2)6-14(18(33)29-15(20(35)36)7-12-8-25-10-27-12)28-19(34)16(9-31)30-17(32)13(22)4-3-5-26-21(23)24/h8,10-11,13-16,31H,3-7,9,22H2,1-2H3,(H,25,27)(H,28,34)(H,29,33)(H,30,32)(H,35,36)(H4,23,24,26). The van der Waals surface area contributed by atoms with Gasteiger partial charge in [0, 0.05) is 24.9 Å². The minimum absolute atomic E-state index is 0.0419. The number of imidazole rings is 1. The van der Waals surface area contributed by atoms with E-state index < -0.39 is 54.5 Å². The van der Waals surface area contributed by atoms with Gasteiger partial charge in [0.25, 0.3) is 0 Å². The van der Waals surface area contributed by atoms with E-state index in [4.69, 9.17) is 17.2 Å². The first-order valence-corrected chi connectivity index (χ1v) is 11.5. The van der Waals surface area contributed by atoms with Crippen LogP contribution in [0.15, 0.2) is 17.5 Å². The van der Waals surface area contributed by atoms with Crippen LogP contribution in [0.3, 0.4) is 0 Å². The number of nitrogens with one attached hydrogen (secondary N) is 4. The summed E-state index contributed by atoms with van der Waals surface area (Å²) in [5.74, 6) is -3.60. The number of carbonyl (C=O) groups is 4. The molecule has 0 bridgehead atoms. The molecule has 0 spiro atoms. The van der Waals surface area contributed by atoms with Crippen molar-refractivity contribution in [3.8, 4) is 0 Å². The molecular formula is C21H37N9O6. The third kappa shape index (κ3) is 11.1. The molecule has 3 amide bonds. The van der Waals surface area contributed by atoms with Gasteiger partial charge in [0.05, 0.1) is 19.0 Å². The van der Waals surface area contributed by atoms with Gasteiger partial charge in [-0.3, -0.25) is 19.4 Å². The summed E-state index contributed by atoms with van der Waals surface area (Å²) in [5, 5.41) is 26.4. The summed E-state index contributed by atoms with van der Waals surface area (Å²) >= 11 is 0. The van der Waals surface area contributed by atoms with Gasteiger partial charge >= 0.3 is 5.97 Å². The van der Waals surface area contributed by atoms with Gasteiger partial charge in [-0.2, -0.15) is 0 Å². The number of H-pyrrole nitrogens is 1. The number of hydrogen-bond acceptors (Lipinski definition) is 8. The molecule has 0 fully saturated rings. The normalized spacial score (nSPS) is 14.2. The molecule has 15 nitrogen and oxygen atoms in total. The Hall–Kier alpha value is -3.72. The Balaban J connectivity index is 2.79. The van der Waals surface area contributed by atoms with Crippen LogP contribution in [0.1, 0.15) is 38.8 Å². The van der Waals surface area contributed by atoms with E-state index in [0.717, 1.165) is 0 Å². The molecule has 0 saturated heterocycles. The molecule has 4 unspecified atom stereocenters. The van der Waals surface area contributed by atoms with Crippen LogP contribution in [-0.2, 0) is 25.6 Å². The SMILES string of the molecule is CC(C)CC(NC(=O)C(CO)NC(=O)C(N)CCCN=C(N)N)C(=O)NC(Cc1cnc[nH]1)C(=O)O. The predicted molar refractivity (Wildman–Crippen MR) is 130 cm³/mol. The van der Waals surface area contributed by atoms with Crippen molar-refractivity contribution in [3.05, 3.63) is 18.2 Å². The first kappa shape index (κ1) is 30.3. The van der Waals surface area contributed by atoms with Crippen LogP contribution >= 0.6 is 0 Å². The van der Waals surface area contributed by atoms with Crippen molar-refractivity contribution in [1.82, 2.24) is 25.9 Å². The van der Waals surface area contributed by atoms with Crippen molar-refractivity contribution in [2.24, 2.45) is 28.1 Å². The van der Waals surface area contributed by atoms with Gasteiger partial charge in [-0.15, -0.1) is 0 Å². The van der Waals surface area contributed by atoms with Crippen molar-refractivity contribution in [1.29, 1.82) is 0 Å². The first-order chi connectivity index (χ1) is 16.9. The van der Waals surface area contributed by atoms with Crippen molar-refractivity contribution in [2.75, 3.05) is 13.2 Å². The molecule has 12 N–H and O–H groups in total. The lowest BCUT2D eigenvalue weighted by Crippen LogP contribution is -2.58. The van der Waals surface area contributed by atoms with Gasteiger partial charge in [-0.05, 0) is 25.2 Å². The zero-order valence-corrected chi connectivity index (χ0v) is 20.4. The van der Waals surface area contributed by atoms with E-state index in [1.54, 1.807) is 0 Å². The highest BCUT2D eigenvalue weighted by molar-refractivity contribution is 5.94. The first-order valence-electron chi connectivity index (χ1n) is 11.5. The van der Waals surface area contributed by atoms with Crippen LogP contribution in [0, 0.1) is 5.92 Å². The Bertz CT molecular complexity index is 886. The zero-order valence-electron chi connectivity index (χ0n) is 20.4. The highest BCUT2D eigenvalue weighted by atomic mass is 16.4. The van der Waals surface area contributed by atoms with E-state index in [9.17, 15) is 29.4 Å². The Labute approximate surface area is 208 Å². The van der Waals surface area contributed by atoms with Crippen LogP contribution in [-0.4, -0.2) is 87.2 Å². The third-order valence-electron chi connectivity index (χ3n) is 5.05. The molecule has 202 valence electrons. The third-order valence-corrected chi connectivity index (χ3v) is 5.05. The lowest BCUT2D eigenvalue weighted by atomic mass is 10.0. The Morgan fingerprint density at radius 1 is 1.06 bits per heavy atom. The van der Waals surface area contributed by atoms with E-state index in [1.165, 1.54) is 12.5 Å². The number of aromatic nitrogens is 2. The van der Waals surface area contributed by atoms with E-state index in [1.807, 2.05) is 13.8 Å². The number of aliphatic imine (C=N–C) groups is 1. The smallest absolute Gasteiger partial charge is 0.326 e. The highest BCUT2D eigenvalue weighted by Crippen LogP contribution is 2.07. The molecule has 0 aliphatic rings. The molecular weight excluding hydrogens is 474 g/mol. The minimum atomic E-state index is -1.37. The molecule has 1 rings (SSSR count). The largest absolute Gasteiger partial charge is 0.480 e. The fourth-order valence-corrected chi connectivity index (χ4v) is 3.19.